The third-order valence-corrected chi connectivity index (χ3v) is 19.4. The second-order valence-corrected chi connectivity index (χ2v) is 25.5. The second kappa shape index (κ2) is 21.7. The van der Waals surface area contributed by atoms with E-state index in [-0.39, 0.29) is 123 Å². The van der Waals surface area contributed by atoms with Gasteiger partial charge in [0.15, 0.2) is 0 Å². The van der Waals surface area contributed by atoms with Gasteiger partial charge in [-0.25, -0.2) is 4.79 Å². The minimum atomic E-state index is -0.739. The molecule has 3 aromatic carbocycles. The zero-order valence-corrected chi connectivity index (χ0v) is 45.8. The molecule has 0 spiro atoms. The first-order valence-electron chi connectivity index (χ1n) is 29.6. The van der Waals surface area contributed by atoms with Crippen LogP contribution in [0, 0.1) is 11.8 Å². The van der Waals surface area contributed by atoms with Crippen molar-refractivity contribution in [3.05, 3.63) is 96.6 Å². The van der Waals surface area contributed by atoms with Gasteiger partial charge in [-0.3, -0.25) is 4.79 Å². The van der Waals surface area contributed by atoms with E-state index in [0.29, 0.717) is 50.0 Å². The van der Waals surface area contributed by atoms with Crippen LogP contribution in [0.1, 0.15) is 134 Å². The Hall–Kier alpha value is -4.06. The molecule has 8 saturated heterocycles. The quantitative estimate of drug-likeness (QED) is 0.146. The first-order valence-corrected chi connectivity index (χ1v) is 29.6. The molecule has 10 aliphatic heterocycles. The number of benzene rings is 3. The van der Waals surface area contributed by atoms with Gasteiger partial charge in [-0.15, -0.1) is 0 Å². The summed E-state index contributed by atoms with van der Waals surface area (Å²) in [5.41, 5.74) is 0.0616. The van der Waals surface area contributed by atoms with E-state index in [2.05, 4.69) is 82.8 Å². The summed E-state index contributed by atoms with van der Waals surface area (Å²) in [6, 6.07) is 18.1. The van der Waals surface area contributed by atoms with Crippen LogP contribution in [0.25, 0.3) is 21.5 Å². The van der Waals surface area contributed by atoms with E-state index in [1.165, 1.54) is 0 Å². The molecule has 10 heterocycles. The highest BCUT2D eigenvalue weighted by Crippen LogP contribution is 2.49. The highest BCUT2D eigenvalue weighted by Gasteiger charge is 2.57. The van der Waals surface area contributed by atoms with E-state index >= 15 is 0 Å². The standard InChI is InChI=1S/C64H80O14/c1-35-23-50-53(31-59(66)74-50)73-58-30-52-54(78-63(58,4)32-35)24-37(3)60-49(71-52)15-9-8-14-45-46(75-60)16-10-18-48-47(70-45)17-11-19-57-64(5,77-48)33-56-51(72-57)29-55-61(76-56)44(65)28-43(69-55)22-36(2)34-68-62(67)41-21-20-40-25-38-12-6-7-13-39(38)26-42(40)27-41/h6-10,12-13,18,20-21,25-27,35,37,43-58,60-61,65H,2,11,14-17,19,22-24,28-34H2,1,3-5H3/b9-8-,18-10-/t35-,37+,43-,44+,45?,46?,47?,48?,49?,50?,51?,52?,53?,54?,55?,56?,57?,58?,60?,61?,63-,64+/m1/s1. The Balaban J connectivity index is 0.625. The molecule has 13 rings (SSSR count). The van der Waals surface area contributed by atoms with Gasteiger partial charge >= 0.3 is 11.9 Å². The number of hydrogen-bond acceptors (Lipinski definition) is 14. The van der Waals surface area contributed by atoms with E-state index in [1.807, 2.05) is 24.3 Å². The average molecular weight is 1070 g/mol. The van der Waals surface area contributed by atoms with Crippen LogP contribution in [-0.2, 0) is 56.9 Å². The number of ether oxygens (including phenoxy) is 11. The lowest BCUT2D eigenvalue weighted by Gasteiger charge is -2.55. The Labute approximate surface area is 458 Å². The topological polar surface area (TPSA) is 156 Å². The Kier molecular flexibility index (Phi) is 14.8. The van der Waals surface area contributed by atoms with Crippen LogP contribution in [0.15, 0.2) is 91.1 Å². The number of aliphatic hydroxyl groups excluding tert-OH is 1. The second-order valence-electron chi connectivity index (χ2n) is 25.5. The monoisotopic (exact) mass is 1070 g/mol. The zero-order chi connectivity index (χ0) is 53.5. The molecule has 14 heteroatoms. The van der Waals surface area contributed by atoms with Crippen molar-refractivity contribution >= 4 is 33.5 Å². The molecule has 78 heavy (non-hydrogen) atoms. The number of esters is 2. The third kappa shape index (κ3) is 10.7. The van der Waals surface area contributed by atoms with Crippen LogP contribution in [-0.4, -0.2) is 145 Å². The predicted molar refractivity (Wildman–Crippen MR) is 290 cm³/mol. The number of carbonyl (C=O) groups is 2. The maximum atomic E-state index is 13.2. The molecule has 0 amide bonds. The maximum absolute atomic E-state index is 13.2. The van der Waals surface area contributed by atoms with Crippen molar-refractivity contribution in [3.8, 4) is 0 Å². The Morgan fingerprint density at radius 3 is 2.21 bits per heavy atom. The molecule has 1 N–H and O–H groups in total. The van der Waals surface area contributed by atoms with Crippen LogP contribution in [0.3, 0.4) is 0 Å². The van der Waals surface area contributed by atoms with Crippen molar-refractivity contribution in [2.24, 2.45) is 11.8 Å². The van der Waals surface area contributed by atoms with Crippen molar-refractivity contribution in [2.75, 3.05) is 6.61 Å². The van der Waals surface area contributed by atoms with Crippen molar-refractivity contribution in [3.63, 3.8) is 0 Å². The van der Waals surface area contributed by atoms with E-state index in [4.69, 9.17) is 52.1 Å². The molecule has 14 nitrogen and oxygen atoms in total. The molecule has 16 unspecified atom stereocenters. The van der Waals surface area contributed by atoms with E-state index in [9.17, 15) is 14.7 Å². The van der Waals surface area contributed by atoms with Gasteiger partial charge < -0.3 is 57.2 Å². The first kappa shape index (κ1) is 53.3. The largest absolute Gasteiger partial charge is 0.459 e. The van der Waals surface area contributed by atoms with Crippen LogP contribution < -0.4 is 0 Å². The van der Waals surface area contributed by atoms with Gasteiger partial charge in [-0.1, -0.05) is 75.1 Å². The fourth-order valence-corrected chi connectivity index (χ4v) is 15.5. The van der Waals surface area contributed by atoms with E-state index in [0.717, 1.165) is 78.5 Å². The summed E-state index contributed by atoms with van der Waals surface area (Å²) in [6.07, 6.45) is 14.5. The van der Waals surface area contributed by atoms with Crippen LogP contribution in [0.5, 0.6) is 0 Å². The summed E-state index contributed by atoms with van der Waals surface area (Å²) >= 11 is 0. The van der Waals surface area contributed by atoms with Gasteiger partial charge in [-0.05, 0) is 141 Å². The van der Waals surface area contributed by atoms with Crippen LogP contribution in [0.2, 0.25) is 0 Å². The number of rotatable bonds is 5. The highest BCUT2D eigenvalue weighted by molar-refractivity contribution is 6.01. The summed E-state index contributed by atoms with van der Waals surface area (Å²) in [4.78, 5) is 25.6. The maximum Gasteiger partial charge on any atom is 0.338 e. The molecule has 0 aromatic heterocycles. The smallest absolute Gasteiger partial charge is 0.338 e. The third-order valence-electron chi connectivity index (χ3n) is 19.4. The van der Waals surface area contributed by atoms with Crippen molar-refractivity contribution in [2.45, 2.75) is 245 Å². The van der Waals surface area contributed by atoms with Crippen LogP contribution >= 0.6 is 0 Å². The van der Waals surface area contributed by atoms with Gasteiger partial charge in [0.1, 0.15) is 31.0 Å². The first-order chi connectivity index (χ1) is 37.7. The molecule has 0 radical (unpaired) electrons. The molecule has 0 saturated carbocycles. The minimum absolute atomic E-state index is 0.0607. The van der Waals surface area contributed by atoms with Crippen LogP contribution in [0.4, 0.5) is 0 Å². The Morgan fingerprint density at radius 1 is 0.641 bits per heavy atom. The highest BCUT2D eigenvalue weighted by atomic mass is 16.6. The van der Waals surface area contributed by atoms with Crippen molar-refractivity contribution in [1.29, 1.82) is 0 Å². The fourth-order valence-electron chi connectivity index (χ4n) is 15.5. The minimum Gasteiger partial charge on any atom is -0.459 e. The van der Waals surface area contributed by atoms with Gasteiger partial charge in [0.2, 0.25) is 0 Å². The molecular weight excluding hydrogens is 993 g/mol. The summed E-state index contributed by atoms with van der Waals surface area (Å²) in [5.74, 6) is -0.0926. The molecule has 0 aliphatic carbocycles. The van der Waals surface area contributed by atoms with Gasteiger partial charge in [0.05, 0.1) is 109 Å². The molecule has 22 atom stereocenters. The molecule has 10 aliphatic rings. The molecule has 0 bridgehead atoms. The fraction of sp³-hybridized carbons (Fsp3) is 0.656. The zero-order valence-electron chi connectivity index (χ0n) is 45.8. The lowest BCUT2D eigenvalue weighted by atomic mass is 9.78. The molecule has 420 valence electrons. The molecular formula is C64H80O14. The van der Waals surface area contributed by atoms with Crippen molar-refractivity contribution < 1.29 is 66.8 Å². The lowest BCUT2D eigenvalue weighted by molar-refractivity contribution is -0.316. The predicted octanol–water partition coefficient (Wildman–Crippen LogP) is 9.92. The lowest BCUT2D eigenvalue weighted by Crippen LogP contribution is -2.65. The summed E-state index contributed by atoms with van der Waals surface area (Å²) < 4.78 is 74.8. The van der Waals surface area contributed by atoms with Gasteiger partial charge in [0.25, 0.3) is 0 Å². The molecule has 8 fully saturated rings. The van der Waals surface area contributed by atoms with E-state index < -0.39 is 29.4 Å². The normalized spacial score (nSPS) is 45.2. The molecule has 3 aromatic rings. The SMILES string of the molecule is C=C(COC(=O)c1ccc2cc3ccccc3cc2c1)C[C@@H]1C[C@H](O)C2OC3C[C@]4(C)OC5/C=C\CC6OC7C(C/C=C\CC6OC5CCCC4OC3CC2O1)OC1CC2OC3CC(=O)OC3C[C@@H](C)C[C@@]2(C)OC1C[C@@H]7C. The Bertz CT molecular complexity index is 2780. The Morgan fingerprint density at radius 2 is 1.36 bits per heavy atom. The van der Waals surface area contributed by atoms with Gasteiger partial charge in [-0.2, -0.15) is 0 Å². The summed E-state index contributed by atoms with van der Waals surface area (Å²) in [5, 5.41) is 15.9. The van der Waals surface area contributed by atoms with E-state index in [1.54, 1.807) is 6.07 Å². The average Bonchev–Trinajstić information content (AvgIpc) is 3.91. The number of carbonyl (C=O) groups excluding carboxylic acids is 2. The number of aliphatic hydroxyl groups is 1. The summed E-state index contributed by atoms with van der Waals surface area (Å²) in [6.45, 7) is 13.2. The summed E-state index contributed by atoms with van der Waals surface area (Å²) in [7, 11) is 0. The van der Waals surface area contributed by atoms with Crippen molar-refractivity contribution in [1.82, 2.24) is 0 Å². The number of hydrogen-bond donors (Lipinski definition) is 1. The number of fused-ring (bicyclic) bond motifs is 11. The van der Waals surface area contributed by atoms with Gasteiger partial charge in [0, 0.05) is 25.7 Å².